The van der Waals surface area contributed by atoms with Gasteiger partial charge in [0.05, 0.1) is 11.7 Å². The summed E-state index contributed by atoms with van der Waals surface area (Å²) in [6.45, 7) is 2.03. The first kappa shape index (κ1) is 13.4. The van der Waals surface area contributed by atoms with Crippen molar-refractivity contribution in [3.05, 3.63) is 35.4 Å². The van der Waals surface area contributed by atoms with Crippen molar-refractivity contribution in [3.63, 3.8) is 0 Å². The average Bonchev–Trinajstić information content (AvgIpc) is 2.57. The Kier molecular flexibility index (Phi) is 3.41. The van der Waals surface area contributed by atoms with Gasteiger partial charge in [0.2, 0.25) is 0 Å². The van der Waals surface area contributed by atoms with Crippen LogP contribution in [0.25, 0.3) is 0 Å². The smallest absolute Gasteiger partial charge is 0.393 e. The monoisotopic (exact) mass is 258 g/mol. The van der Waals surface area contributed by atoms with Gasteiger partial charge in [-0.1, -0.05) is 25.1 Å². The molecule has 1 aromatic rings. The highest BCUT2D eigenvalue weighted by molar-refractivity contribution is 5.26. The molecule has 0 aliphatic heterocycles. The zero-order valence-electron chi connectivity index (χ0n) is 10.3. The lowest BCUT2D eigenvalue weighted by molar-refractivity contribution is -0.137. The normalized spacial score (nSPS) is 28.6. The topological polar surface area (TPSA) is 20.2 Å². The number of halogens is 3. The van der Waals surface area contributed by atoms with Gasteiger partial charge in [-0.05, 0) is 42.7 Å². The second-order valence-electron chi connectivity index (χ2n) is 5.58. The van der Waals surface area contributed by atoms with E-state index in [1.165, 1.54) is 12.1 Å². The van der Waals surface area contributed by atoms with Crippen molar-refractivity contribution < 1.29 is 18.3 Å². The van der Waals surface area contributed by atoms with Gasteiger partial charge in [0.15, 0.2) is 0 Å². The van der Waals surface area contributed by atoms with Gasteiger partial charge in [0.1, 0.15) is 0 Å². The fraction of sp³-hybridized carbons (Fsp3) is 0.571. The van der Waals surface area contributed by atoms with Gasteiger partial charge in [-0.2, -0.15) is 13.2 Å². The molecule has 1 aliphatic rings. The second-order valence-corrected chi connectivity index (χ2v) is 5.58. The molecule has 0 heterocycles. The molecule has 0 amide bonds. The first-order chi connectivity index (χ1) is 8.28. The van der Waals surface area contributed by atoms with Gasteiger partial charge in [0, 0.05) is 0 Å². The van der Waals surface area contributed by atoms with E-state index < -0.39 is 11.7 Å². The Hall–Kier alpha value is -1.03. The Bertz CT molecular complexity index is 427. The molecule has 0 saturated heterocycles. The number of hydrogen-bond donors (Lipinski definition) is 1. The van der Waals surface area contributed by atoms with Crippen LogP contribution in [0.15, 0.2) is 24.3 Å². The fourth-order valence-electron chi connectivity index (χ4n) is 2.80. The van der Waals surface area contributed by atoms with E-state index in [0.29, 0.717) is 18.4 Å². The first-order valence-electron chi connectivity index (χ1n) is 6.13. The summed E-state index contributed by atoms with van der Waals surface area (Å²) in [6.07, 6.45) is -1.72. The summed E-state index contributed by atoms with van der Waals surface area (Å²) >= 11 is 0. The standard InChI is InChI=1S/C14H17F3O/c1-13(6-5-12(18)9-13)8-10-3-2-4-11(7-10)14(15,16)17/h2-4,7,12,18H,5-6,8-9H2,1H3. The molecule has 0 spiro atoms. The zero-order valence-corrected chi connectivity index (χ0v) is 10.3. The van der Waals surface area contributed by atoms with Crippen molar-refractivity contribution in [2.75, 3.05) is 0 Å². The van der Waals surface area contributed by atoms with Crippen LogP contribution in [0.5, 0.6) is 0 Å². The maximum Gasteiger partial charge on any atom is 0.416 e. The summed E-state index contributed by atoms with van der Waals surface area (Å²) < 4.78 is 37.8. The largest absolute Gasteiger partial charge is 0.416 e. The van der Waals surface area contributed by atoms with E-state index in [0.717, 1.165) is 18.9 Å². The molecule has 4 heteroatoms. The van der Waals surface area contributed by atoms with Crippen LogP contribution in [0, 0.1) is 5.41 Å². The molecular weight excluding hydrogens is 241 g/mol. The summed E-state index contributed by atoms with van der Waals surface area (Å²) in [5, 5.41) is 9.55. The molecule has 1 N–H and O–H groups in total. The fourth-order valence-corrected chi connectivity index (χ4v) is 2.80. The van der Waals surface area contributed by atoms with Crippen molar-refractivity contribution in [2.24, 2.45) is 5.41 Å². The lowest BCUT2D eigenvalue weighted by atomic mass is 9.82. The quantitative estimate of drug-likeness (QED) is 0.855. The van der Waals surface area contributed by atoms with Gasteiger partial charge < -0.3 is 5.11 Å². The van der Waals surface area contributed by atoms with Crippen molar-refractivity contribution >= 4 is 0 Å². The maximum absolute atomic E-state index is 12.6. The zero-order chi connectivity index (χ0) is 13.4. The molecule has 2 rings (SSSR count). The van der Waals surface area contributed by atoms with Crippen LogP contribution in [-0.4, -0.2) is 11.2 Å². The van der Waals surface area contributed by atoms with E-state index in [1.807, 2.05) is 6.92 Å². The van der Waals surface area contributed by atoms with Crippen LogP contribution in [-0.2, 0) is 12.6 Å². The van der Waals surface area contributed by atoms with Gasteiger partial charge in [-0.3, -0.25) is 0 Å². The van der Waals surface area contributed by atoms with Crippen LogP contribution < -0.4 is 0 Å². The third-order valence-electron chi connectivity index (χ3n) is 3.69. The van der Waals surface area contributed by atoms with E-state index >= 15 is 0 Å². The van der Waals surface area contributed by atoms with Crippen LogP contribution in [0.2, 0.25) is 0 Å². The third-order valence-corrected chi connectivity index (χ3v) is 3.69. The number of rotatable bonds is 2. The SMILES string of the molecule is CC1(Cc2cccc(C(F)(F)F)c2)CCC(O)C1. The van der Waals surface area contributed by atoms with E-state index in [1.54, 1.807) is 6.07 Å². The highest BCUT2D eigenvalue weighted by Gasteiger charge is 2.35. The summed E-state index contributed by atoms with van der Waals surface area (Å²) in [7, 11) is 0. The molecule has 1 saturated carbocycles. The van der Waals surface area contributed by atoms with Gasteiger partial charge >= 0.3 is 6.18 Å². The minimum absolute atomic E-state index is 0.0797. The molecule has 0 bridgehead atoms. The van der Waals surface area contributed by atoms with E-state index in [4.69, 9.17) is 0 Å². The number of benzene rings is 1. The Morgan fingerprint density at radius 2 is 2.11 bits per heavy atom. The van der Waals surface area contributed by atoms with Crippen molar-refractivity contribution in [1.82, 2.24) is 0 Å². The van der Waals surface area contributed by atoms with Crippen LogP contribution >= 0.6 is 0 Å². The Labute approximate surface area is 105 Å². The molecule has 1 fully saturated rings. The lowest BCUT2D eigenvalue weighted by Crippen LogP contribution is -2.17. The van der Waals surface area contributed by atoms with Crippen LogP contribution in [0.4, 0.5) is 13.2 Å². The average molecular weight is 258 g/mol. The van der Waals surface area contributed by atoms with Crippen LogP contribution in [0.3, 0.4) is 0 Å². The van der Waals surface area contributed by atoms with Crippen molar-refractivity contribution in [1.29, 1.82) is 0 Å². The molecule has 2 atom stereocenters. The van der Waals surface area contributed by atoms with E-state index in [2.05, 4.69) is 0 Å². The van der Waals surface area contributed by atoms with E-state index in [-0.39, 0.29) is 11.5 Å². The molecule has 1 nitrogen and oxygen atoms in total. The first-order valence-corrected chi connectivity index (χ1v) is 6.13. The van der Waals surface area contributed by atoms with Crippen molar-refractivity contribution in [3.8, 4) is 0 Å². The molecule has 18 heavy (non-hydrogen) atoms. The summed E-state index contributed by atoms with van der Waals surface area (Å²) in [5.41, 5.74) is 0.0208. The van der Waals surface area contributed by atoms with Gasteiger partial charge in [-0.15, -0.1) is 0 Å². The van der Waals surface area contributed by atoms with E-state index in [9.17, 15) is 18.3 Å². The Morgan fingerprint density at radius 3 is 2.67 bits per heavy atom. The Balaban J connectivity index is 2.15. The van der Waals surface area contributed by atoms with Crippen LogP contribution in [0.1, 0.15) is 37.3 Å². The Morgan fingerprint density at radius 1 is 1.39 bits per heavy atom. The molecule has 2 unspecified atom stereocenters. The highest BCUT2D eigenvalue weighted by atomic mass is 19.4. The number of alkyl halides is 3. The van der Waals surface area contributed by atoms with Crippen molar-refractivity contribution in [2.45, 2.75) is 44.9 Å². The number of aliphatic hydroxyl groups excluding tert-OH is 1. The molecule has 0 aromatic heterocycles. The number of hydrogen-bond acceptors (Lipinski definition) is 1. The molecule has 1 aliphatic carbocycles. The highest BCUT2D eigenvalue weighted by Crippen LogP contribution is 2.41. The third kappa shape index (κ3) is 3.05. The molecule has 1 aromatic carbocycles. The second kappa shape index (κ2) is 4.57. The van der Waals surface area contributed by atoms with Gasteiger partial charge in [-0.25, -0.2) is 0 Å². The summed E-state index contributed by atoms with van der Waals surface area (Å²) in [4.78, 5) is 0. The predicted octanol–water partition coefficient (Wildman–Crippen LogP) is 3.80. The molecule has 0 radical (unpaired) electrons. The summed E-state index contributed by atoms with van der Waals surface area (Å²) in [5.74, 6) is 0. The summed E-state index contributed by atoms with van der Waals surface area (Å²) in [6, 6.07) is 5.49. The molecular formula is C14H17F3O. The lowest BCUT2D eigenvalue weighted by Gasteiger charge is -2.24. The number of aliphatic hydroxyl groups is 1. The predicted molar refractivity (Wildman–Crippen MR) is 63.1 cm³/mol. The van der Waals surface area contributed by atoms with Gasteiger partial charge in [0.25, 0.3) is 0 Å². The minimum Gasteiger partial charge on any atom is -0.393 e. The molecule has 100 valence electrons. The maximum atomic E-state index is 12.6. The minimum atomic E-state index is -4.29.